The van der Waals surface area contributed by atoms with E-state index in [-0.39, 0.29) is 6.03 Å². The molecule has 0 bridgehead atoms. The quantitative estimate of drug-likeness (QED) is 0.863. The number of aryl methyl sites for hydroxylation is 1. The van der Waals surface area contributed by atoms with Crippen LogP contribution in [0.15, 0.2) is 12.4 Å². The first-order valence-electron chi connectivity index (χ1n) is 6.82. The molecule has 1 aromatic heterocycles. The number of hydrogen-bond acceptors (Lipinski definition) is 3. The fraction of sp³-hybridized carbons (Fsp3) is 0.615. The van der Waals surface area contributed by atoms with E-state index in [0.29, 0.717) is 19.5 Å². The Morgan fingerprint density at radius 2 is 2.25 bits per heavy atom. The van der Waals surface area contributed by atoms with Gasteiger partial charge in [-0.1, -0.05) is 12.8 Å². The molecule has 1 saturated heterocycles. The lowest BCUT2D eigenvalue weighted by molar-refractivity contribution is -0.142. The van der Waals surface area contributed by atoms with E-state index in [4.69, 9.17) is 0 Å². The highest BCUT2D eigenvalue weighted by Crippen LogP contribution is 2.17. The second-order valence-corrected chi connectivity index (χ2v) is 5.08. The summed E-state index contributed by atoms with van der Waals surface area (Å²) in [6.07, 6.45) is 6.69. The standard InChI is InChI=1S/C13H20N4O3/c1-16-9-10(8-15-16)7-14-13(20)17-6-4-2-3-5-11(17)12(18)19/h8-9,11H,2-7H2,1H3,(H,14,20)(H,18,19). The minimum atomic E-state index is -0.927. The molecular formula is C13H20N4O3. The van der Waals surface area contributed by atoms with Gasteiger partial charge in [0.05, 0.1) is 6.20 Å². The summed E-state index contributed by atoms with van der Waals surface area (Å²) < 4.78 is 1.66. The highest BCUT2D eigenvalue weighted by molar-refractivity contribution is 5.82. The Bertz CT molecular complexity index is 486. The van der Waals surface area contributed by atoms with Crippen molar-refractivity contribution in [2.75, 3.05) is 6.54 Å². The van der Waals surface area contributed by atoms with Crippen LogP contribution in [-0.2, 0) is 18.4 Å². The first-order chi connectivity index (χ1) is 9.58. The predicted molar refractivity (Wildman–Crippen MR) is 72.0 cm³/mol. The second-order valence-electron chi connectivity index (χ2n) is 5.08. The van der Waals surface area contributed by atoms with Gasteiger partial charge in [0.15, 0.2) is 0 Å². The van der Waals surface area contributed by atoms with Gasteiger partial charge >= 0.3 is 12.0 Å². The van der Waals surface area contributed by atoms with E-state index in [0.717, 1.165) is 24.8 Å². The molecule has 1 aliphatic heterocycles. The third-order valence-electron chi connectivity index (χ3n) is 3.50. The lowest BCUT2D eigenvalue weighted by atomic mass is 10.1. The third kappa shape index (κ3) is 3.49. The number of urea groups is 1. The number of carbonyl (C=O) groups excluding carboxylic acids is 1. The highest BCUT2D eigenvalue weighted by Gasteiger charge is 2.30. The number of nitrogens with zero attached hydrogens (tertiary/aromatic N) is 3. The number of rotatable bonds is 3. The summed E-state index contributed by atoms with van der Waals surface area (Å²) in [7, 11) is 1.81. The minimum Gasteiger partial charge on any atom is -0.480 e. The largest absolute Gasteiger partial charge is 0.480 e. The number of carboxylic acids is 1. The number of aliphatic carboxylic acids is 1. The fourth-order valence-electron chi connectivity index (χ4n) is 2.45. The van der Waals surface area contributed by atoms with Gasteiger partial charge in [0.1, 0.15) is 6.04 Å². The monoisotopic (exact) mass is 280 g/mol. The summed E-state index contributed by atoms with van der Waals surface area (Å²) in [6, 6.07) is -1.03. The fourth-order valence-corrected chi connectivity index (χ4v) is 2.45. The zero-order valence-corrected chi connectivity index (χ0v) is 11.6. The van der Waals surface area contributed by atoms with Crippen molar-refractivity contribution in [2.24, 2.45) is 7.05 Å². The van der Waals surface area contributed by atoms with Gasteiger partial charge in [0.2, 0.25) is 0 Å². The molecule has 1 aliphatic rings. The summed E-state index contributed by atoms with van der Waals surface area (Å²) in [5.41, 5.74) is 0.891. The molecule has 2 rings (SSSR count). The highest BCUT2D eigenvalue weighted by atomic mass is 16.4. The van der Waals surface area contributed by atoms with Crippen LogP contribution in [0.5, 0.6) is 0 Å². The van der Waals surface area contributed by atoms with Crippen molar-refractivity contribution in [3.05, 3.63) is 18.0 Å². The Kier molecular flexibility index (Phi) is 4.60. The Balaban J connectivity index is 1.96. The number of carboxylic acid groups (broad SMARTS) is 1. The summed E-state index contributed by atoms with van der Waals surface area (Å²) in [6.45, 7) is 0.853. The van der Waals surface area contributed by atoms with Crippen molar-refractivity contribution >= 4 is 12.0 Å². The maximum absolute atomic E-state index is 12.2. The number of aromatic nitrogens is 2. The van der Waals surface area contributed by atoms with Crippen LogP contribution < -0.4 is 5.32 Å². The zero-order valence-electron chi connectivity index (χ0n) is 11.6. The summed E-state index contributed by atoms with van der Waals surface area (Å²) in [4.78, 5) is 24.9. The Morgan fingerprint density at radius 1 is 1.45 bits per heavy atom. The molecule has 2 amide bonds. The molecule has 110 valence electrons. The van der Waals surface area contributed by atoms with Crippen molar-refractivity contribution in [1.29, 1.82) is 0 Å². The first-order valence-corrected chi connectivity index (χ1v) is 6.82. The topological polar surface area (TPSA) is 87.5 Å². The first kappa shape index (κ1) is 14.4. The number of likely N-dealkylation sites (tertiary alicyclic amines) is 1. The van der Waals surface area contributed by atoms with Crippen LogP contribution in [0.4, 0.5) is 4.79 Å². The van der Waals surface area contributed by atoms with Gasteiger partial charge in [-0.05, 0) is 12.8 Å². The van der Waals surface area contributed by atoms with E-state index in [1.54, 1.807) is 17.9 Å². The molecular weight excluding hydrogens is 260 g/mol. The van der Waals surface area contributed by atoms with Gasteiger partial charge in [0.25, 0.3) is 0 Å². The van der Waals surface area contributed by atoms with Crippen molar-refractivity contribution in [1.82, 2.24) is 20.0 Å². The number of hydrogen-bond donors (Lipinski definition) is 2. The van der Waals surface area contributed by atoms with Gasteiger partial charge < -0.3 is 15.3 Å². The molecule has 0 spiro atoms. The van der Waals surface area contributed by atoms with Crippen LogP contribution in [0.25, 0.3) is 0 Å². The Morgan fingerprint density at radius 3 is 2.90 bits per heavy atom. The molecule has 7 nitrogen and oxygen atoms in total. The zero-order chi connectivity index (χ0) is 14.5. The molecule has 20 heavy (non-hydrogen) atoms. The summed E-state index contributed by atoms with van der Waals surface area (Å²) in [5, 5.41) is 16.0. The molecule has 2 heterocycles. The second kappa shape index (κ2) is 6.40. The Hall–Kier alpha value is -2.05. The maximum Gasteiger partial charge on any atom is 0.326 e. The lowest BCUT2D eigenvalue weighted by Crippen LogP contribution is -2.49. The van der Waals surface area contributed by atoms with Gasteiger partial charge in [0, 0.05) is 31.9 Å². The van der Waals surface area contributed by atoms with Crippen molar-refractivity contribution < 1.29 is 14.7 Å². The molecule has 0 aliphatic carbocycles. The normalized spacial score (nSPS) is 19.4. The van der Waals surface area contributed by atoms with Crippen LogP contribution in [-0.4, -0.2) is 44.4 Å². The molecule has 2 N–H and O–H groups in total. The molecule has 1 atom stereocenters. The average Bonchev–Trinajstić information content (AvgIpc) is 2.68. The smallest absolute Gasteiger partial charge is 0.326 e. The molecule has 0 saturated carbocycles. The summed E-state index contributed by atoms with van der Waals surface area (Å²) in [5.74, 6) is -0.927. The molecule has 1 fully saturated rings. The van der Waals surface area contributed by atoms with Crippen LogP contribution >= 0.6 is 0 Å². The number of amides is 2. The molecule has 0 aromatic carbocycles. The summed E-state index contributed by atoms with van der Waals surface area (Å²) >= 11 is 0. The Labute approximate surface area is 117 Å². The lowest BCUT2D eigenvalue weighted by Gasteiger charge is -2.26. The van der Waals surface area contributed by atoms with E-state index < -0.39 is 12.0 Å². The van der Waals surface area contributed by atoms with Crippen molar-refractivity contribution in [2.45, 2.75) is 38.3 Å². The molecule has 7 heteroatoms. The van der Waals surface area contributed by atoms with Gasteiger partial charge in [-0.15, -0.1) is 0 Å². The number of nitrogens with one attached hydrogen (secondary N) is 1. The SMILES string of the molecule is Cn1cc(CNC(=O)N2CCCCCC2C(=O)O)cn1. The third-order valence-corrected chi connectivity index (χ3v) is 3.50. The van der Waals surface area contributed by atoms with Crippen LogP contribution in [0.2, 0.25) is 0 Å². The predicted octanol–water partition coefficient (Wildman–Crippen LogP) is 0.959. The molecule has 1 unspecified atom stereocenters. The van der Waals surface area contributed by atoms with Crippen LogP contribution in [0.3, 0.4) is 0 Å². The van der Waals surface area contributed by atoms with E-state index in [1.807, 2.05) is 6.20 Å². The average molecular weight is 280 g/mol. The van der Waals surface area contributed by atoms with E-state index in [2.05, 4.69) is 10.4 Å². The van der Waals surface area contributed by atoms with Gasteiger partial charge in [-0.3, -0.25) is 4.68 Å². The van der Waals surface area contributed by atoms with Gasteiger partial charge in [-0.25, -0.2) is 9.59 Å². The van der Waals surface area contributed by atoms with Crippen molar-refractivity contribution in [3.8, 4) is 0 Å². The molecule has 1 aromatic rings. The van der Waals surface area contributed by atoms with Crippen LogP contribution in [0.1, 0.15) is 31.2 Å². The minimum absolute atomic E-state index is 0.317. The van der Waals surface area contributed by atoms with E-state index in [9.17, 15) is 14.7 Å². The van der Waals surface area contributed by atoms with Crippen LogP contribution in [0, 0.1) is 0 Å². The van der Waals surface area contributed by atoms with Crippen molar-refractivity contribution in [3.63, 3.8) is 0 Å². The van der Waals surface area contributed by atoms with E-state index >= 15 is 0 Å². The molecule has 0 radical (unpaired) electrons. The number of carbonyl (C=O) groups is 2. The van der Waals surface area contributed by atoms with E-state index in [1.165, 1.54) is 4.90 Å². The van der Waals surface area contributed by atoms with Gasteiger partial charge in [-0.2, -0.15) is 5.10 Å². The maximum atomic E-state index is 12.2.